The van der Waals surface area contributed by atoms with Crippen LogP contribution in [0.1, 0.15) is 24.2 Å². The van der Waals surface area contributed by atoms with E-state index in [1.54, 1.807) is 44.9 Å². The van der Waals surface area contributed by atoms with E-state index in [1.165, 1.54) is 6.33 Å². The highest BCUT2D eigenvalue weighted by molar-refractivity contribution is 6.04. The number of para-hydroxylation sites is 1. The van der Waals surface area contributed by atoms with Crippen molar-refractivity contribution in [2.45, 2.75) is 13.0 Å². The summed E-state index contributed by atoms with van der Waals surface area (Å²) in [6, 6.07) is 9.05. The molecule has 1 atom stereocenters. The Morgan fingerprint density at radius 2 is 1.97 bits per heavy atom. The van der Waals surface area contributed by atoms with Crippen LogP contribution in [-0.2, 0) is 7.05 Å². The summed E-state index contributed by atoms with van der Waals surface area (Å²) in [6.45, 7) is 1.95. The number of nitrogens with zero attached hydrogens (tertiary/aromatic N) is 11. The van der Waals surface area contributed by atoms with Gasteiger partial charge in [0, 0.05) is 24.2 Å². The zero-order valence-corrected chi connectivity index (χ0v) is 18.8. The molecule has 0 amide bonds. The number of fused-ring (bicyclic) bond motifs is 2. The fourth-order valence-corrected chi connectivity index (χ4v) is 4.18. The SMILES string of the molecule is CC(c1cn(-c2ccccc2C#N)nn1)n1nc(-c2cncc3c2cnn3C)c2c(N)ncnc21. The Morgan fingerprint density at radius 1 is 1.11 bits per heavy atom. The third kappa shape index (κ3) is 3.10. The highest BCUT2D eigenvalue weighted by Crippen LogP contribution is 2.35. The number of nitriles is 1. The van der Waals surface area contributed by atoms with Gasteiger partial charge in [-0.15, -0.1) is 5.10 Å². The van der Waals surface area contributed by atoms with Crippen molar-refractivity contribution in [3.8, 4) is 23.0 Å². The van der Waals surface area contributed by atoms with Crippen molar-refractivity contribution in [3.63, 3.8) is 0 Å². The first kappa shape index (κ1) is 20.4. The first-order chi connectivity index (χ1) is 17.1. The van der Waals surface area contributed by atoms with Crippen molar-refractivity contribution in [2.24, 2.45) is 7.05 Å². The van der Waals surface area contributed by atoms with Gasteiger partial charge in [0.25, 0.3) is 0 Å². The minimum Gasteiger partial charge on any atom is -0.383 e. The van der Waals surface area contributed by atoms with Crippen LogP contribution in [0.3, 0.4) is 0 Å². The fourth-order valence-electron chi connectivity index (χ4n) is 4.18. The van der Waals surface area contributed by atoms with Crippen LogP contribution in [0, 0.1) is 11.3 Å². The van der Waals surface area contributed by atoms with Gasteiger partial charge in [0.15, 0.2) is 5.65 Å². The molecular weight excluding hydrogens is 444 g/mol. The van der Waals surface area contributed by atoms with Crippen LogP contribution in [0.25, 0.3) is 38.9 Å². The minimum absolute atomic E-state index is 0.316. The van der Waals surface area contributed by atoms with E-state index in [2.05, 4.69) is 36.4 Å². The Morgan fingerprint density at radius 3 is 2.83 bits per heavy atom. The van der Waals surface area contributed by atoms with E-state index in [9.17, 15) is 5.26 Å². The van der Waals surface area contributed by atoms with Gasteiger partial charge in [0.1, 0.15) is 29.6 Å². The lowest BCUT2D eigenvalue weighted by Gasteiger charge is -2.09. The normalized spacial score (nSPS) is 12.3. The highest BCUT2D eigenvalue weighted by atomic mass is 15.4. The predicted octanol–water partition coefficient (Wildman–Crippen LogP) is 2.42. The first-order valence-electron chi connectivity index (χ1n) is 10.7. The van der Waals surface area contributed by atoms with Gasteiger partial charge < -0.3 is 5.73 Å². The Balaban J connectivity index is 1.51. The molecule has 0 spiro atoms. The maximum Gasteiger partial charge on any atom is 0.164 e. The molecule has 5 heterocycles. The molecule has 170 valence electrons. The predicted molar refractivity (Wildman–Crippen MR) is 127 cm³/mol. The van der Waals surface area contributed by atoms with Gasteiger partial charge in [-0.1, -0.05) is 17.3 Å². The molecule has 35 heavy (non-hydrogen) atoms. The van der Waals surface area contributed by atoms with Gasteiger partial charge in [-0.2, -0.15) is 15.5 Å². The van der Waals surface area contributed by atoms with Gasteiger partial charge in [0.05, 0.1) is 46.8 Å². The standard InChI is InChI=1S/C23H18N12/c1-13(17-11-34(32-30-17)18-6-4-3-5-14(18)7-24)35-23-20(22(25)27-12-28-23)21(31-35)16-8-26-10-19-15(16)9-29-33(19)2/h3-6,8-13H,1-2H3,(H2,25,27,28). The van der Waals surface area contributed by atoms with Crippen molar-refractivity contribution in [1.82, 2.24) is 49.5 Å². The summed E-state index contributed by atoms with van der Waals surface area (Å²) in [5, 5.41) is 28.8. The molecular formula is C23H18N12. The minimum atomic E-state index is -0.343. The zero-order chi connectivity index (χ0) is 24.1. The van der Waals surface area contributed by atoms with Crippen molar-refractivity contribution in [3.05, 3.63) is 66.6 Å². The molecule has 0 aliphatic rings. The van der Waals surface area contributed by atoms with E-state index in [1.807, 2.05) is 32.2 Å². The summed E-state index contributed by atoms with van der Waals surface area (Å²) in [5.74, 6) is 0.316. The summed E-state index contributed by atoms with van der Waals surface area (Å²) >= 11 is 0. The Hall–Kier alpha value is -5.18. The third-order valence-corrected chi connectivity index (χ3v) is 6.03. The molecule has 12 heteroatoms. The maximum atomic E-state index is 9.44. The number of aromatic nitrogens is 10. The number of pyridine rings is 1. The van der Waals surface area contributed by atoms with E-state index < -0.39 is 0 Å². The van der Waals surface area contributed by atoms with Gasteiger partial charge in [-0.3, -0.25) is 9.67 Å². The lowest BCUT2D eigenvalue weighted by molar-refractivity contribution is 0.565. The number of hydrogen-bond donors (Lipinski definition) is 1. The second-order valence-corrected chi connectivity index (χ2v) is 8.03. The van der Waals surface area contributed by atoms with Crippen molar-refractivity contribution in [1.29, 1.82) is 5.26 Å². The van der Waals surface area contributed by atoms with Gasteiger partial charge in [0.2, 0.25) is 0 Å². The molecule has 0 saturated carbocycles. The number of rotatable bonds is 4. The number of nitrogens with two attached hydrogens (primary N) is 1. The average molecular weight is 462 g/mol. The van der Waals surface area contributed by atoms with Gasteiger partial charge >= 0.3 is 0 Å². The second-order valence-electron chi connectivity index (χ2n) is 8.03. The molecule has 12 nitrogen and oxygen atoms in total. The number of benzene rings is 1. The molecule has 1 aromatic carbocycles. The fraction of sp³-hybridized carbons (Fsp3) is 0.130. The highest BCUT2D eigenvalue weighted by Gasteiger charge is 2.24. The van der Waals surface area contributed by atoms with Gasteiger partial charge in [-0.05, 0) is 19.1 Å². The summed E-state index contributed by atoms with van der Waals surface area (Å²) in [7, 11) is 1.86. The molecule has 6 rings (SSSR count). The zero-order valence-electron chi connectivity index (χ0n) is 18.8. The maximum absolute atomic E-state index is 9.44. The number of anilines is 1. The molecule has 0 radical (unpaired) electrons. The lowest BCUT2D eigenvalue weighted by atomic mass is 10.1. The Kier molecular flexibility index (Phi) is 4.49. The number of aryl methyl sites for hydroxylation is 1. The lowest BCUT2D eigenvalue weighted by Crippen LogP contribution is -2.10. The summed E-state index contributed by atoms with van der Waals surface area (Å²) < 4.78 is 5.09. The van der Waals surface area contributed by atoms with Crippen molar-refractivity contribution in [2.75, 3.05) is 5.73 Å². The topological polar surface area (TPSA) is 155 Å². The number of hydrogen-bond acceptors (Lipinski definition) is 9. The van der Waals surface area contributed by atoms with E-state index in [-0.39, 0.29) is 6.04 Å². The van der Waals surface area contributed by atoms with Crippen LogP contribution in [0.4, 0.5) is 5.82 Å². The van der Waals surface area contributed by atoms with Crippen LogP contribution >= 0.6 is 0 Å². The van der Waals surface area contributed by atoms with Crippen LogP contribution in [0.15, 0.2) is 55.4 Å². The molecule has 0 fully saturated rings. The quantitative estimate of drug-likeness (QED) is 0.416. The molecule has 0 aliphatic heterocycles. The van der Waals surface area contributed by atoms with Crippen LogP contribution < -0.4 is 5.73 Å². The first-order valence-corrected chi connectivity index (χ1v) is 10.7. The Bertz CT molecular complexity index is 1770. The van der Waals surface area contributed by atoms with E-state index in [0.29, 0.717) is 39.5 Å². The summed E-state index contributed by atoms with van der Waals surface area (Å²) in [5.41, 5.74) is 10.9. The second kappa shape index (κ2) is 7.70. The Labute approximate surface area is 198 Å². The molecule has 2 N–H and O–H groups in total. The van der Waals surface area contributed by atoms with Crippen molar-refractivity contribution < 1.29 is 0 Å². The average Bonchev–Trinajstić information content (AvgIpc) is 3.62. The molecule has 6 aromatic rings. The van der Waals surface area contributed by atoms with E-state index in [4.69, 9.17) is 10.8 Å². The van der Waals surface area contributed by atoms with Crippen LogP contribution in [0.5, 0.6) is 0 Å². The molecule has 0 saturated heterocycles. The van der Waals surface area contributed by atoms with Crippen LogP contribution in [-0.4, -0.2) is 49.5 Å². The van der Waals surface area contributed by atoms with Crippen molar-refractivity contribution >= 4 is 27.8 Å². The van der Waals surface area contributed by atoms with Crippen LogP contribution in [0.2, 0.25) is 0 Å². The largest absolute Gasteiger partial charge is 0.383 e. The smallest absolute Gasteiger partial charge is 0.164 e. The van der Waals surface area contributed by atoms with E-state index in [0.717, 1.165) is 16.5 Å². The van der Waals surface area contributed by atoms with E-state index >= 15 is 0 Å². The summed E-state index contributed by atoms with van der Waals surface area (Å²) in [4.78, 5) is 13.1. The molecule has 0 bridgehead atoms. The summed E-state index contributed by atoms with van der Waals surface area (Å²) in [6.07, 6.45) is 8.46. The molecule has 0 aliphatic carbocycles. The molecule has 5 aromatic heterocycles. The monoisotopic (exact) mass is 462 g/mol. The number of nitrogen functional groups attached to an aromatic ring is 1. The third-order valence-electron chi connectivity index (χ3n) is 6.03. The van der Waals surface area contributed by atoms with Gasteiger partial charge in [-0.25, -0.2) is 19.3 Å². The molecule has 1 unspecified atom stereocenters.